The van der Waals surface area contributed by atoms with Gasteiger partial charge in [0.05, 0.1) is 0 Å². The van der Waals surface area contributed by atoms with Crippen molar-refractivity contribution in [2.75, 3.05) is 27.7 Å². The molecule has 126 valence electrons. The Bertz CT molecular complexity index is 409. The van der Waals surface area contributed by atoms with E-state index < -0.39 is 36.8 Å². The smallest absolute Gasteiger partial charge is 0.327 e. The molecule has 2 aliphatic rings. The van der Waals surface area contributed by atoms with Crippen molar-refractivity contribution in [3.05, 3.63) is 0 Å². The van der Waals surface area contributed by atoms with Gasteiger partial charge in [0, 0.05) is 14.2 Å². The van der Waals surface area contributed by atoms with Gasteiger partial charge in [-0.15, -0.1) is 0 Å². The van der Waals surface area contributed by atoms with Crippen LogP contribution in [-0.4, -0.2) is 94.3 Å². The summed E-state index contributed by atoms with van der Waals surface area (Å²) < 4.78 is 10.1. The molecule has 2 aliphatic heterocycles. The van der Waals surface area contributed by atoms with E-state index in [0.717, 1.165) is 9.80 Å². The zero-order chi connectivity index (χ0) is 16.6. The van der Waals surface area contributed by atoms with E-state index in [1.165, 1.54) is 37.9 Å². The zero-order valence-corrected chi connectivity index (χ0v) is 13.0. The molecule has 2 rings (SSSR count). The summed E-state index contributed by atoms with van der Waals surface area (Å²) in [7, 11) is 2.86. The lowest BCUT2D eigenvalue weighted by Gasteiger charge is -2.31. The molecule has 0 aromatic carbocycles. The van der Waals surface area contributed by atoms with E-state index >= 15 is 0 Å². The van der Waals surface area contributed by atoms with Gasteiger partial charge < -0.3 is 19.7 Å². The number of urea groups is 2. The summed E-state index contributed by atoms with van der Waals surface area (Å²) in [5.74, 6) is 0. The van der Waals surface area contributed by atoms with Crippen LogP contribution in [0.4, 0.5) is 9.59 Å². The third kappa shape index (κ3) is 2.37. The Morgan fingerprint density at radius 3 is 1.55 bits per heavy atom. The summed E-state index contributed by atoms with van der Waals surface area (Å²) in [5.41, 5.74) is 0. The minimum atomic E-state index is -1.13. The number of carbonyl (C=O) groups excluding carboxylic acids is 2. The third-order valence-corrected chi connectivity index (χ3v) is 3.75. The van der Waals surface area contributed by atoms with Gasteiger partial charge in [-0.1, -0.05) is 0 Å². The molecule has 0 bridgehead atoms. The highest BCUT2D eigenvalue weighted by atomic mass is 16.5. The molecule has 0 radical (unpaired) electrons. The van der Waals surface area contributed by atoms with E-state index in [9.17, 15) is 19.8 Å². The second-order valence-corrected chi connectivity index (χ2v) is 5.25. The molecular weight excluding hydrogens is 296 g/mol. The number of methoxy groups -OCH3 is 2. The number of rotatable bonds is 6. The monoisotopic (exact) mass is 318 g/mol. The Labute approximate surface area is 128 Å². The van der Waals surface area contributed by atoms with E-state index in [4.69, 9.17) is 9.47 Å². The van der Waals surface area contributed by atoms with Crippen LogP contribution in [0.25, 0.3) is 0 Å². The summed E-state index contributed by atoms with van der Waals surface area (Å²) in [6.45, 7) is 2.75. The molecule has 2 saturated heterocycles. The van der Waals surface area contributed by atoms with Crippen molar-refractivity contribution in [3.63, 3.8) is 0 Å². The van der Waals surface area contributed by atoms with Crippen molar-refractivity contribution in [3.8, 4) is 0 Å². The topological polar surface area (TPSA) is 106 Å². The molecule has 2 heterocycles. The number of aliphatic hydroxyl groups is 2. The predicted molar refractivity (Wildman–Crippen MR) is 72.8 cm³/mol. The van der Waals surface area contributed by atoms with E-state index in [1.807, 2.05) is 0 Å². The molecule has 22 heavy (non-hydrogen) atoms. The third-order valence-electron chi connectivity index (χ3n) is 3.75. The summed E-state index contributed by atoms with van der Waals surface area (Å²) in [6.07, 6.45) is -3.80. The van der Waals surface area contributed by atoms with Gasteiger partial charge in [0.2, 0.25) is 0 Å². The van der Waals surface area contributed by atoms with Crippen LogP contribution in [0.5, 0.6) is 0 Å². The number of amides is 4. The highest BCUT2D eigenvalue weighted by Crippen LogP contribution is 2.36. The van der Waals surface area contributed by atoms with Gasteiger partial charge >= 0.3 is 12.1 Å². The zero-order valence-electron chi connectivity index (χ0n) is 13.0. The first-order valence-corrected chi connectivity index (χ1v) is 6.88. The van der Waals surface area contributed by atoms with Crippen molar-refractivity contribution in [2.24, 2.45) is 0 Å². The largest absolute Gasteiger partial charge is 0.374 e. The van der Waals surface area contributed by atoms with Crippen molar-refractivity contribution in [1.29, 1.82) is 0 Å². The van der Waals surface area contributed by atoms with Crippen LogP contribution in [0, 0.1) is 0 Å². The van der Waals surface area contributed by atoms with Crippen molar-refractivity contribution >= 4 is 12.1 Å². The quantitative estimate of drug-likeness (QED) is 0.650. The molecule has 0 saturated carbocycles. The molecule has 10 nitrogen and oxygen atoms in total. The molecule has 4 amide bonds. The first-order chi connectivity index (χ1) is 10.4. The second-order valence-electron chi connectivity index (χ2n) is 5.25. The number of nitrogens with zero attached hydrogens (tertiary/aromatic N) is 4. The molecule has 2 fully saturated rings. The van der Waals surface area contributed by atoms with Crippen LogP contribution >= 0.6 is 0 Å². The lowest BCUT2D eigenvalue weighted by Crippen LogP contribution is -2.51. The van der Waals surface area contributed by atoms with E-state index in [-0.39, 0.29) is 13.5 Å². The van der Waals surface area contributed by atoms with Gasteiger partial charge in [-0.2, -0.15) is 0 Å². The summed E-state index contributed by atoms with van der Waals surface area (Å²) >= 11 is 0. The Hall–Kier alpha value is -1.62. The summed E-state index contributed by atoms with van der Waals surface area (Å²) in [4.78, 5) is 29.9. The van der Waals surface area contributed by atoms with Crippen LogP contribution in [0.15, 0.2) is 0 Å². The van der Waals surface area contributed by atoms with Gasteiger partial charge in [0.1, 0.15) is 25.9 Å². The predicted octanol–water partition coefficient (Wildman–Crippen LogP) is -1.00. The lowest BCUT2D eigenvalue weighted by molar-refractivity contribution is -0.0392. The number of aliphatic hydroxyl groups excluding tert-OH is 2. The van der Waals surface area contributed by atoms with Crippen LogP contribution in [0.3, 0.4) is 0 Å². The highest BCUT2D eigenvalue weighted by molar-refractivity contribution is 5.85. The molecule has 0 aliphatic carbocycles. The minimum absolute atomic E-state index is 0.0512. The fourth-order valence-electron chi connectivity index (χ4n) is 2.96. The van der Waals surface area contributed by atoms with Gasteiger partial charge in [-0.25, -0.2) is 9.59 Å². The average Bonchev–Trinajstić information content (AvgIpc) is 2.85. The van der Waals surface area contributed by atoms with Crippen LogP contribution in [0.1, 0.15) is 13.8 Å². The summed E-state index contributed by atoms with van der Waals surface area (Å²) in [5, 5.41) is 19.9. The van der Waals surface area contributed by atoms with Crippen LogP contribution < -0.4 is 0 Å². The molecule has 10 heteroatoms. The molecular formula is C12H22N4O6. The first kappa shape index (κ1) is 16.7. The Morgan fingerprint density at radius 1 is 0.909 bits per heavy atom. The fourth-order valence-corrected chi connectivity index (χ4v) is 2.96. The van der Waals surface area contributed by atoms with Crippen LogP contribution in [0.2, 0.25) is 0 Å². The second kappa shape index (κ2) is 6.24. The fraction of sp³-hybridized carbons (Fsp3) is 0.833. The summed E-state index contributed by atoms with van der Waals surface area (Å²) in [6, 6.07) is -0.961. The van der Waals surface area contributed by atoms with Crippen molar-refractivity contribution in [1.82, 2.24) is 19.6 Å². The maximum Gasteiger partial charge on any atom is 0.327 e. The maximum atomic E-state index is 12.5. The lowest BCUT2D eigenvalue weighted by atomic mass is 10.3. The molecule has 4 atom stereocenters. The number of hydrogen-bond acceptors (Lipinski definition) is 6. The molecule has 3 unspecified atom stereocenters. The highest BCUT2D eigenvalue weighted by Gasteiger charge is 2.61. The van der Waals surface area contributed by atoms with E-state index in [1.54, 1.807) is 0 Å². The standard InChI is InChI=1S/C12H22N4O6/c1-7(17)15-9-10(16(8(2)18)12(15)20)14(6-22-4)11(19)13(9)5-21-3/h7-10,17-18H,5-6H2,1-4H3/t7?,8?,9-,10?/m0/s1. The van der Waals surface area contributed by atoms with Gasteiger partial charge in [-0.05, 0) is 13.8 Å². The van der Waals surface area contributed by atoms with Gasteiger partial charge in [0.15, 0.2) is 12.3 Å². The van der Waals surface area contributed by atoms with Gasteiger partial charge in [-0.3, -0.25) is 19.6 Å². The number of carbonyl (C=O) groups is 2. The number of fused-ring (bicyclic) bond motifs is 1. The molecule has 2 N–H and O–H groups in total. The van der Waals surface area contributed by atoms with Crippen LogP contribution in [-0.2, 0) is 9.47 Å². The number of ether oxygens (including phenoxy) is 2. The molecule has 0 aromatic rings. The first-order valence-electron chi connectivity index (χ1n) is 6.88. The normalized spacial score (nSPS) is 27.7. The molecule has 0 aromatic heterocycles. The Balaban J connectivity index is 2.46. The Kier molecular flexibility index (Phi) is 4.75. The van der Waals surface area contributed by atoms with Crippen molar-refractivity contribution < 1.29 is 29.3 Å². The van der Waals surface area contributed by atoms with Crippen molar-refractivity contribution in [2.45, 2.75) is 38.6 Å². The SMILES string of the molecule is COCN1C(=O)N(COC)[C@@H]2C1N(C(C)O)C(=O)N2C(C)O. The average molecular weight is 318 g/mol. The Morgan fingerprint density at radius 2 is 1.27 bits per heavy atom. The van der Waals surface area contributed by atoms with E-state index in [2.05, 4.69) is 0 Å². The molecule has 0 spiro atoms. The minimum Gasteiger partial charge on any atom is -0.374 e. The number of hydrogen-bond donors (Lipinski definition) is 2. The van der Waals surface area contributed by atoms with Gasteiger partial charge in [0.25, 0.3) is 0 Å². The maximum absolute atomic E-state index is 12.5. The van der Waals surface area contributed by atoms with E-state index in [0.29, 0.717) is 0 Å².